The van der Waals surface area contributed by atoms with Gasteiger partial charge in [-0.15, -0.1) is 0 Å². The van der Waals surface area contributed by atoms with Gasteiger partial charge >= 0.3 is 0 Å². The molecule has 1 rings (SSSR count). The SMILES string of the molecule is OCCNC(=S)NCc1c(F)cccc1Cl. The largest absolute Gasteiger partial charge is 0.395 e. The quantitative estimate of drug-likeness (QED) is 0.719. The van der Waals surface area contributed by atoms with E-state index < -0.39 is 0 Å². The van der Waals surface area contributed by atoms with E-state index in [-0.39, 0.29) is 19.0 Å². The van der Waals surface area contributed by atoms with Gasteiger partial charge in [0, 0.05) is 23.7 Å². The minimum Gasteiger partial charge on any atom is -0.395 e. The monoisotopic (exact) mass is 262 g/mol. The van der Waals surface area contributed by atoms with Crippen molar-refractivity contribution in [2.75, 3.05) is 13.2 Å². The number of hydrogen-bond acceptors (Lipinski definition) is 2. The van der Waals surface area contributed by atoms with E-state index in [1.54, 1.807) is 12.1 Å². The van der Waals surface area contributed by atoms with Crippen LogP contribution in [0.1, 0.15) is 5.56 Å². The highest BCUT2D eigenvalue weighted by molar-refractivity contribution is 7.80. The van der Waals surface area contributed by atoms with Crippen LogP contribution in [0.2, 0.25) is 5.02 Å². The van der Waals surface area contributed by atoms with E-state index in [1.165, 1.54) is 6.07 Å². The van der Waals surface area contributed by atoms with Crippen molar-refractivity contribution in [3.63, 3.8) is 0 Å². The van der Waals surface area contributed by atoms with Crippen molar-refractivity contribution in [2.24, 2.45) is 0 Å². The predicted molar refractivity (Wildman–Crippen MR) is 65.9 cm³/mol. The summed E-state index contributed by atoms with van der Waals surface area (Å²) in [6.45, 7) is 0.557. The van der Waals surface area contributed by atoms with Crippen molar-refractivity contribution in [1.82, 2.24) is 10.6 Å². The maximum atomic E-state index is 13.3. The molecule has 0 saturated heterocycles. The smallest absolute Gasteiger partial charge is 0.166 e. The van der Waals surface area contributed by atoms with E-state index in [0.29, 0.717) is 22.2 Å². The van der Waals surface area contributed by atoms with Crippen molar-refractivity contribution < 1.29 is 9.50 Å². The van der Waals surface area contributed by atoms with Crippen LogP contribution in [0.3, 0.4) is 0 Å². The molecule has 0 aliphatic heterocycles. The lowest BCUT2D eigenvalue weighted by Gasteiger charge is -2.10. The summed E-state index contributed by atoms with van der Waals surface area (Å²) in [6.07, 6.45) is 0. The number of nitrogens with one attached hydrogen (secondary N) is 2. The first-order valence-corrected chi connectivity index (χ1v) is 5.49. The van der Waals surface area contributed by atoms with Crippen LogP contribution in [0.15, 0.2) is 18.2 Å². The summed E-state index contributed by atoms with van der Waals surface area (Å²) in [4.78, 5) is 0. The molecule has 0 spiro atoms. The van der Waals surface area contributed by atoms with Crippen molar-refractivity contribution in [1.29, 1.82) is 0 Å². The number of thiocarbonyl (C=S) groups is 1. The number of aliphatic hydroxyl groups is 1. The number of halogens is 2. The lowest BCUT2D eigenvalue weighted by molar-refractivity contribution is 0.300. The number of benzene rings is 1. The van der Waals surface area contributed by atoms with Gasteiger partial charge in [-0.2, -0.15) is 0 Å². The molecule has 0 unspecified atom stereocenters. The van der Waals surface area contributed by atoms with Gasteiger partial charge in [0.05, 0.1) is 6.61 Å². The number of hydrogen-bond donors (Lipinski definition) is 3. The zero-order valence-corrected chi connectivity index (χ0v) is 10.0. The second-order valence-corrected chi connectivity index (χ2v) is 3.85. The Balaban J connectivity index is 2.51. The molecule has 0 bridgehead atoms. The minimum absolute atomic E-state index is 0.0116. The van der Waals surface area contributed by atoms with Crippen molar-refractivity contribution in [2.45, 2.75) is 6.54 Å². The molecule has 0 aliphatic carbocycles. The molecule has 0 radical (unpaired) electrons. The molecule has 0 atom stereocenters. The maximum Gasteiger partial charge on any atom is 0.166 e. The Bertz CT molecular complexity index is 356. The van der Waals surface area contributed by atoms with Crippen LogP contribution in [0, 0.1) is 5.82 Å². The summed E-state index contributed by atoms with van der Waals surface area (Å²) in [6, 6.07) is 4.50. The molecular weight excluding hydrogens is 251 g/mol. The molecule has 6 heteroatoms. The van der Waals surface area contributed by atoms with E-state index in [4.69, 9.17) is 28.9 Å². The number of aliphatic hydroxyl groups excluding tert-OH is 1. The first-order valence-electron chi connectivity index (χ1n) is 4.70. The Hall–Kier alpha value is -0.910. The fraction of sp³-hybridized carbons (Fsp3) is 0.300. The summed E-state index contributed by atoms with van der Waals surface area (Å²) >= 11 is 10.7. The van der Waals surface area contributed by atoms with Gasteiger partial charge in [-0.1, -0.05) is 17.7 Å². The molecule has 0 saturated carbocycles. The Morgan fingerprint density at radius 3 is 2.81 bits per heavy atom. The third-order valence-corrected chi connectivity index (χ3v) is 2.53. The normalized spacial score (nSPS) is 9.94. The van der Waals surface area contributed by atoms with Gasteiger partial charge in [-0.3, -0.25) is 0 Å². The average Bonchev–Trinajstić information content (AvgIpc) is 2.25. The molecule has 0 aromatic heterocycles. The zero-order chi connectivity index (χ0) is 12.0. The first kappa shape index (κ1) is 13.2. The van der Waals surface area contributed by atoms with Gasteiger partial charge < -0.3 is 15.7 Å². The van der Waals surface area contributed by atoms with Crippen LogP contribution in [-0.2, 0) is 6.54 Å². The van der Waals surface area contributed by atoms with E-state index in [2.05, 4.69) is 10.6 Å². The van der Waals surface area contributed by atoms with Crippen LogP contribution in [0.25, 0.3) is 0 Å². The zero-order valence-electron chi connectivity index (χ0n) is 8.46. The lowest BCUT2D eigenvalue weighted by Crippen LogP contribution is -2.36. The van der Waals surface area contributed by atoms with Crippen LogP contribution in [0.5, 0.6) is 0 Å². The number of rotatable bonds is 4. The highest BCUT2D eigenvalue weighted by Gasteiger charge is 2.06. The van der Waals surface area contributed by atoms with Crippen molar-refractivity contribution in [3.8, 4) is 0 Å². The molecule has 1 aromatic carbocycles. The molecule has 0 heterocycles. The minimum atomic E-state index is -0.370. The summed E-state index contributed by atoms with van der Waals surface area (Å²) in [5.41, 5.74) is 0.373. The Labute approximate surface area is 104 Å². The van der Waals surface area contributed by atoms with E-state index in [1.807, 2.05) is 0 Å². The Morgan fingerprint density at radius 1 is 1.44 bits per heavy atom. The molecule has 88 valence electrons. The Kier molecular flexibility index (Phi) is 5.45. The standard InChI is InChI=1S/C10H12ClFN2OS/c11-8-2-1-3-9(12)7(8)6-14-10(16)13-4-5-15/h1-3,15H,4-6H2,(H2,13,14,16). The second-order valence-electron chi connectivity index (χ2n) is 3.03. The molecule has 16 heavy (non-hydrogen) atoms. The van der Waals surface area contributed by atoms with Crippen molar-refractivity contribution in [3.05, 3.63) is 34.6 Å². The van der Waals surface area contributed by atoms with Crippen molar-refractivity contribution >= 4 is 28.9 Å². The summed E-state index contributed by atoms with van der Waals surface area (Å²) < 4.78 is 13.3. The van der Waals surface area contributed by atoms with Gasteiger partial charge in [0.15, 0.2) is 5.11 Å². The average molecular weight is 263 g/mol. The summed E-state index contributed by atoms with van der Waals surface area (Å²) in [7, 11) is 0. The highest BCUT2D eigenvalue weighted by atomic mass is 35.5. The van der Waals surface area contributed by atoms with E-state index in [0.717, 1.165) is 0 Å². The molecule has 0 aliphatic rings. The molecule has 3 N–H and O–H groups in total. The van der Waals surface area contributed by atoms with Crippen LogP contribution in [-0.4, -0.2) is 23.4 Å². The van der Waals surface area contributed by atoms with Gasteiger partial charge in [0.25, 0.3) is 0 Å². The molecular formula is C10H12ClFN2OS. The van der Waals surface area contributed by atoms with Crippen LogP contribution >= 0.6 is 23.8 Å². The second kappa shape index (κ2) is 6.62. The van der Waals surface area contributed by atoms with Crippen LogP contribution < -0.4 is 10.6 Å². The van der Waals surface area contributed by atoms with Crippen LogP contribution in [0.4, 0.5) is 4.39 Å². The summed E-state index contributed by atoms with van der Waals surface area (Å²) in [5.74, 6) is -0.370. The van der Waals surface area contributed by atoms with E-state index >= 15 is 0 Å². The van der Waals surface area contributed by atoms with Gasteiger partial charge in [-0.25, -0.2) is 4.39 Å². The van der Waals surface area contributed by atoms with Gasteiger partial charge in [0.2, 0.25) is 0 Å². The third kappa shape index (κ3) is 3.92. The molecule has 0 fully saturated rings. The van der Waals surface area contributed by atoms with E-state index in [9.17, 15) is 4.39 Å². The maximum absolute atomic E-state index is 13.3. The fourth-order valence-corrected chi connectivity index (χ4v) is 1.51. The Morgan fingerprint density at radius 2 is 2.19 bits per heavy atom. The lowest BCUT2D eigenvalue weighted by atomic mass is 10.2. The molecule has 0 amide bonds. The topological polar surface area (TPSA) is 44.3 Å². The highest BCUT2D eigenvalue weighted by Crippen LogP contribution is 2.18. The molecule has 1 aromatic rings. The summed E-state index contributed by atoms with van der Waals surface area (Å²) in [5, 5.41) is 14.8. The van der Waals surface area contributed by atoms with Gasteiger partial charge in [-0.05, 0) is 24.4 Å². The molecule has 3 nitrogen and oxygen atoms in total. The first-order chi connectivity index (χ1) is 7.65. The third-order valence-electron chi connectivity index (χ3n) is 1.88. The predicted octanol–water partition coefficient (Wildman–Crippen LogP) is 1.44. The fourth-order valence-electron chi connectivity index (χ4n) is 1.10. The van der Waals surface area contributed by atoms with Gasteiger partial charge in [0.1, 0.15) is 5.82 Å².